The molecule has 2 aromatic heterocycles. The van der Waals surface area contributed by atoms with Gasteiger partial charge in [-0.25, -0.2) is 9.97 Å². The smallest absolute Gasteiger partial charge is 0.317 e. The van der Waals surface area contributed by atoms with Crippen LogP contribution in [0.15, 0.2) is 30.3 Å². The standard InChI is InChI=1S/C23H25N5O4/c1-13-9-14(2)25-23(24-13)32-17-6-4-16(5-7-17)26-22(29)19-11-18(27-28-19)15-3-8-20-21(10-15)31-12-30-20/h3,8-11,16-17H,4-7,12H2,1-2H3,(H,26,29)(H,27,28). The van der Waals surface area contributed by atoms with Crippen LogP contribution in [0.3, 0.4) is 0 Å². The Bertz CT molecular complexity index is 1120. The zero-order valence-corrected chi connectivity index (χ0v) is 18.1. The minimum Gasteiger partial charge on any atom is -0.460 e. The molecule has 5 rings (SSSR count). The number of fused-ring (bicyclic) bond motifs is 1. The second-order valence-electron chi connectivity index (χ2n) is 8.23. The Kier molecular flexibility index (Phi) is 5.38. The number of aromatic nitrogens is 4. The van der Waals surface area contributed by atoms with Crippen molar-refractivity contribution in [3.63, 3.8) is 0 Å². The molecule has 3 heterocycles. The number of amides is 1. The zero-order chi connectivity index (χ0) is 22.1. The van der Waals surface area contributed by atoms with Crippen LogP contribution in [0.25, 0.3) is 11.3 Å². The molecule has 2 N–H and O–H groups in total. The van der Waals surface area contributed by atoms with Crippen molar-refractivity contribution in [3.05, 3.63) is 47.4 Å². The van der Waals surface area contributed by atoms with Crippen LogP contribution in [0, 0.1) is 13.8 Å². The molecule has 32 heavy (non-hydrogen) atoms. The van der Waals surface area contributed by atoms with Gasteiger partial charge in [-0.15, -0.1) is 0 Å². The Morgan fingerprint density at radius 3 is 2.56 bits per heavy atom. The highest BCUT2D eigenvalue weighted by molar-refractivity contribution is 5.93. The number of hydrogen-bond acceptors (Lipinski definition) is 7. The summed E-state index contributed by atoms with van der Waals surface area (Å²) in [6.45, 7) is 4.08. The monoisotopic (exact) mass is 435 g/mol. The van der Waals surface area contributed by atoms with E-state index in [1.165, 1.54) is 0 Å². The van der Waals surface area contributed by atoms with E-state index in [9.17, 15) is 4.79 Å². The molecule has 1 aromatic carbocycles. The third-order valence-corrected chi connectivity index (χ3v) is 5.73. The largest absolute Gasteiger partial charge is 0.460 e. The van der Waals surface area contributed by atoms with E-state index in [2.05, 4.69) is 25.5 Å². The summed E-state index contributed by atoms with van der Waals surface area (Å²) in [5.74, 6) is 1.24. The van der Waals surface area contributed by atoms with Crippen molar-refractivity contribution in [1.29, 1.82) is 0 Å². The third-order valence-electron chi connectivity index (χ3n) is 5.73. The van der Waals surface area contributed by atoms with Crippen LogP contribution in [0.4, 0.5) is 0 Å². The van der Waals surface area contributed by atoms with Gasteiger partial charge in [-0.3, -0.25) is 9.89 Å². The van der Waals surface area contributed by atoms with Crippen LogP contribution < -0.4 is 19.5 Å². The molecule has 0 saturated heterocycles. The van der Waals surface area contributed by atoms with Crippen molar-refractivity contribution < 1.29 is 19.0 Å². The maximum atomic E-state index is 12.7. The summed E-state index contributed by atoms with van der Waals surface area (Å²) in [6, 6.07) is 9.80. The summed E-state index contributed by atoms with van der Waals surface area (Å²) in [5.41, 5.74) is 3.76. The minimum atomic E-state index is -0.161. The van der Waals surface area contributed by atoms with Crippen LogP contribution in [-0.4, -0.2) is 45.0 Å². The van der Waals surface area contributed by atoms with Gasteiger partial charge < -0.3 is 19.5 Å². The number of rotatable bonds is 5. The van der Waals surface area contributed by atoms with E-state index >= 15 is 0 Å². The number of aromatic amines is 1. The summed E-state index contributed by atoms with van der Waals surface area (Å²) in [4.78, 5) is 21.4. The number of H-pyrrole nitrogens is 1. The predicted octanol–water partition coefficient (Wildman–Crippen LogP) is 3.33. The van der Waals surface area contributed by atoms with E-state index in [-0.39, 0.29) is 24.8 Å². The quantitative estimate of drug-likeness (QED) is 0.632. The van der Waals surface area contributed by atoms with Crippen LogP contribution in [0.2, 0.25) is 0 Å². The Labute approximate surface area is 185 Å². The van der Waals surface area contributed by atoms with E-state index in [1.54, 1.807) is 6.07 Å². The Morgan fingerprint density at radius 2 is 1.78 bits per heavy atom. The number of carbonyl (C=O) groups excluding carboxylic acids is 1. The van der Waals surface area contributed by atoms with Gasteiger partial charge in [-0.1, -0.05) is 0 Å². The first-order chi connectivity index (χ1) is 15.5. The number of aryl methyl sites for hydroxylation is 2. The van der Waals surface area contributed by atoms with Crippen molar-refractivity contribution in [2.24, 2.45) is 0 Å². The number of hydrogen-bond donors (Lipinski definition) is 2. The molecular formula is C23H25N5O4. The average molecular weight is 435 g/mol. The van der Waals surface area contributed by atoms with Gasteiger partial charge >= 0.3 is 6.01 Å². The fraction of sp³-hybridized carbons (Fsp3) is 0.391. The zero-order valence-electron chi connectivity index (χ0n) is 18.1. The van der Waals surface area contributed by atoms with Gasteiger partial charge in [-0.2, -0.15) is 5.10 Å². The molecular weight excluding hydrogens is 410 g/mol. The summed E-state index contributed by atoms with van der Waals surface area (Å²) in [7, 11) is 0. The highest BCUT2D eigenvalue weighted by atomic mass is 16.7. The number of benzene rings is 1. The Balaban J connectivity index is 1.15. The third kappa shape index (κ3) is 4.37. The normalized spacial score (nSPS) is 19.6. The van der Waals surface area contributed by atoms with Crippen LogP contribution >= 0.6 is 0 Å². The topological polar surface area (TPSA) is 111 Å². The first-order valence-electron chi connectivity index (χ1n) is 10.8. The SMILES string of the molecule is Cc1cc(C)nc(OC2CCC(NC(=O)c3cc(-c4ccc5c(c4)OCO5)n[nH]3)CC2)n1. The molecule has 2 aliphatic rings. The lowest BCUT2D eigenvalue weighted by Gasteiger charge is -2.28. The lowest BCUT2D eigenvalue weighted by Crippen LogP contribution is -2.40. The van der Waals surface area contributed by atoms with E-state index < -0.39 is 0 Å². The molecule has 3 aromatic rings. The van der Waals surface area contributed by atoms with E-state index in [4.69, 9.17) is 14.2 Å². The lowest BCUT2D eigenvalue weighted by molar-refractivity contribution is 0.0880. The fourth-order valence-electron chi connectivity index (χ4n) is 4.13. The van der Waals surface area contributed by atoms with Crippen molar-refractivity contribution >= 4 is 5.91 Å². The average Bonchev–Trinajstić information content (AvgIpc) is 3.43. The molecule has 1 amide bonds. The maximum Gasteiger partial charge on any atom is 0.317 e. The minimum absolute atomic E-state index is 0.0640. The Morgan fingerprint density at radius 1 is 1.03 bits per heavy atom. The number of carbonyl (C=O) groups is 1. The molecule has 1 saturated carbocycles. The van der Waals surface area contributed by atoms with Gasteiger partial charge in [-0.05, 0) is 69.9 Å². The van der Waals surface area contributed by atoms with Gasteiger partial charge in [0, 0.05) is 23.0 Å². The first kappa shape index (κ1) is 20.3. The molecule has 1 aliphatic carbocycles. The molecule has 9 nitrogen and oxygen atoms in total. The molecule has 166 valence electrons. The van der Waals surface area contributed by atoms with Crippen LogP contribution in [0.1, 0.15) is 47.6 Å². The van der Waals surface area contributed by atoms with Crippen LogP contribution in [0.5, 0.6) is 17.5 Å². The van der Waals surface area contributed by atoms with Gasteiger partial charge in [0.05, 0.1) is 5.69 Å². The van der Waals surface area contributed by atoms with Gasteiger partial charge in [0.25, 0.3) is 5.91 Å². The number of nitrogens with zero attached hydrogens (tertiary/aromatic N) is 3. The molecule has 0 bridgehead atoms. The summed E-state index contributed by atoms with van der Waals surface area (Å²) >= 11 is 0. The number of ether oxygens (including phenoxy) is 3. The predicted molar refractivity (Wildman–Crippen MR) is 116 cm³/mol. The summed E-state index contributed by atoms with van der Waals surface area (Å²) in [5, 5.41) is 10.2. The molecule has 1 aliphatic heterocycles. The fourth-order valence-corrected chi connectivity index (χ4v) is 4.13. The Hall–Kier alpha value is -3.62. The second kappa shape index (κ2) is 8.49. The van der Waals surface area contributed by atoms with E-state index in [1.807, 2.05) is 38.1 Å². The summed E-state index contributed by atoms with van der Waals surface area (Å²) < 4.78 is 16.7. The van der Waals surface area contributed by atoms with Crippen molar-refractivity contribution in [1.82, 2.24) is 25.5 Å². The highest BCUT2D eigenvalue weighted by Crippen LogP contribution is 2.35. The molecule has 0 spiro atoms. The van der Waals surface area contributed by atoms with Crippen molar-refractivity contribution in [3.8, 4) is 28.8 Å². The van der Waals surface area contributed by atoms with E-state index in [0.717, 1.165) is 42.6 Å². The molecule has 0 radical (unpaired) electrons. The van der Waals surface area contributed by atoms with E-state index in [0.29, 0.717) is 28.9 Å². The number of nitrogens with one attached hydrogen (secondary N) is 2. The highest BCUT2D eigenvalue weighted by Gasteiger charge is 2.25. The van der Waals surface area contributed by atoms with Crippen molar-refractivity contribution in [2.45, 2.75) is 51.7 Å². The van der Waals surface area contributed by atoms with Gasteiger partial charge in [0.15, 0.2) is 11.5 Å². The molecule has 0 atom stereocenters. The molecule has 1 fully saturated rings. The van der Waals surface area contributed by atoms with Gasteiger partial charge in [0.2, 0.25) is 6.79 Å². The maximum absolute atomic E-state index is 12.7. The lowest BCUT2D eigenvalue weighted by atomic mass is 9.93. The summed E-state index contributed by atoms with van der Waals surface area (Å²) in [6.07, 6.45) is 3.42. The second-order valence-corrected chi connectivity index (χ2v) is 8.23. The van der Waals surface area contributed by atoms with Gasteiger partial charge in [0.1, 0.15) is 11.8 Å². The first-order valence-corrected chi connectivity index (χ1v) is 10.8. The van der Waals surface area contributed by atoms with Crippen molar-refractivity contribution in [2.75, 3.05) is 6.79 Å². The van der Waals surface area contributed by atoms with Crippen LogP contribution in [-0.2, 0) is 0 Å². The molecule has 0 unspecified atom stereocenters. The molecule has 9 heteroatoms.